The highest BCUT2D eigenvalue weighted by Crippen LogP contribution is 2.07. The third kappa shape index (κ3) is 4.94. The zero-order chi connectivity index (χ0) is 12.0. The summed E-state index contributed by atoms with van der Waals surface area (Å²) < 4.78 is 0. The van der Waals surface area contributed by atoms with Crippen molar-refractivity contribution in [1.82, 2.24) is 10.2 Å². The first-order valence-corrected chi connectivity index (χ1v) is 6.26. The summed E-state index contributed by atoms with van der Waals surface area (Å²) in [5.74, 6) is 0.241. The van der Waals surface area contributed by atoms with Crippen molar-refractivity contribution in [3.63, 3.8) is 0 Å². The highest BCUT2D eigenvalue weighted by atomic mass is 16.3. The summed E-state index contributed by atoms with van der Waals surface area (Å²) in [7, 11) is 0. The molecule has 0 aliphatic carbocycles. The first kappa shape index (κ1) is 13.5. The van der Waals surface area contributed by atoms with E-state index in [4.69, 9.17) is 0 Å². The minimum Gasteiger partial charge on any atom is -0.391 e. The van der Waals surface area contributed by atoms with Gasteiger partial charge in [0, 0.05) is 19.5 Å². The number of amides is 1. The van der Waals surface area contributed by atoms with E-state index in [2.05, 4.69) is 10.2 Å². The van der Waals surface area contributed by atoms with E-state index < -0.39 is 6.10 Å². The second kappa shape index (κ2) is 6.86. The maximum Gasteiger partial charge on any atom is 0.221 e. The van der Waals surface area contributed by atoms with Crippen LogP contribution in [0.2, 0.25) is 0 Å². The van der Waals surface area contributed by atoms with Crippen molar-refractivity contribution >= 4 is 5.91 Å². The van der Waals surface area contributed by atoms with Crippen LogP contribution in [0, 0.1) is 5.92 Å². The highest BCUT2D eigenvalue weighted by molar-refractivity contribution is 5.76. The Morgan fingerprint density at radius 2 is 2.00 bits per heavy atom. The smallest absolute Gasteiger partial charge is 0.221 e. The SMILES string of the molecule is CC(C)C(O)CNC(=O)CCN1CCCC1. The number of rotatable bonds is 6. The normalized spacial score (nSPS) is 19.0. The lowest BCUT2D eigenvalue weighted by Crippen LogP contribution is -2.36. The molecule has 4 heteroatoms. The van der Waals surface area contributed by atoms with Gasteiger partial charge in [-0.3, -0.25) is 4.79 Å². The van der Waals surface area contributed by atoms with E-state index >= 15 is 0 Å². The van der Waals surface area contributed by atoms with Crippen LogP contribution in [0.4, 0.5) is 0 Å². The first-order chi connectivity index (χ1) is 7.59. The number of aliphatic hydroxyl groups is 1. The average Bonchev–Trinajstić information content (AvgIpc) is 2.75. The predicted molar refractivity (Wildman–Crippen MR) is 64.1 cm³/mol. The molecule has 0 spiro atoms. The summed E-state index contributed by atoms with van der Waals surface area (Å²) in [5.41, 5.74) is 0. The summed E-state index contributed by atoms with van der Waals surface area (Å²) in [6.45, 7) is 7.37. The molecule has 0 bridgehead atoms. The van der Waals surface area contributed by atoms with Gasteiger partial charge in [0.2, 0.25) is 5.91 Å². The molecule has 1 atom stereocenters. The van der Waals surface area contributed by atoms with Gasteiger partial charge in [0.05, 0.1) is 6.10 Å². The fourth-order valence-corrected chi connectivity index (χ4v) is 1.81. The summed E-state index contributed by atoms with van der Waals surface area (Å²) in [5, 5.41) is 12.3. The fourth-order valence-electron chi connectivity index (χ4n) is 1.81. The Kier molecular flexibility index (Phi) is 5.77. The molecule has 1 heterocycles. The maximum absolute atomic E-state index is 11.5. The van der Waals surface area contributed by atoms with Gasteiger partial charge in [-0.15, -0.1) is 0 Å². The molecule has 1 aliphatic rings. The van der Waals surface area contributed by atoms with Crippen LogP contribution in [0.25, 0.3) is 0 Å². The number of carbonyl (C=O) groups excluding carboxylic acids is 1. The molecule has 0 aromatic rings. The average molecular weight is 228 g/mol. The molecule has 1 rings (SSSR count). The predicted octanol–water partition coefficient (Wildman–Crippen LogP) is 0.605. The van der Waals surface area contributed by atoms with Crippen LogP contribution in [0.3, 0.4) is 0 Å². The summed E-state index contributed by atoms with van der Waals surface area (Å²) in [6.07, 6.45) is 2.63. The fraction of sp³-hybridized carbons (Fsp3) is 0.917. The Morgan fingerprint density at radius 3 is 2.56 bits per heavy atom. The lowest BCUT2D eigenvalue weighted by Gasteiger charge is -2.17. The molecule has 0 radical (unpaired) electrons. The van der Waals surface area contributed by atoms with Crippen LogP contribution in [0.1, 0.15) is 33.1 Å². The molecule has 0 aromatic carbocycles. The lowest BCUT2D eigenvalue weighted by atomic mass is 10.1. The Morgan fingerprint density at radius 1 is 1.38 bits per heavy atom. The van der Waals surface area contributed by atoms with Crippen LogP contribution >= 0.6 is 0 Å². The Hall–Kier alpha value is -0.610. The molecule has 1 saturated heterocycles. The van der Waals surface area contributed by atoms with Crippen LogP contribution in [-0.4, -0.2) is 48.2 Å². The van der Waals surface area contributed by atoms with E-state index in [0.29, 0.717) is 13.0 Å². The summed E-state index contributed by atoms with van der Waals surface area (Å²) in [6, 6.07) is 0. The van der Waals surface area contributed by atoms with E-state index in [1.807, 2.05) is 13.8 Å². The second-order valence-corrected chi connectivity index (χ2v) is 4.91. The van der Waals surface area contributed by atoms with Crippen molar-refractivity contribution in [3.05, 3.63) is 0 Å². The number of carbonyl (C=O) groups is 1. The van der Waals surface area contributed by atoms with E-state index in [1.165, 1.54) is 12.8 Å². The first-order valence-electron chi connectivity index (χ1n) is 6.26. The Balaban J connectivity index is 2.06. The Labute approximate surface area is 98.0 Å². The van der Waals surface area contributed by atoms with Crippen LogP contribution < -0.4 is 5.32 Å². The molecule has 1 fully saturated rings. The van der Waals surface area contributed by atoms with Gasteiger partial charge in [-0.1, -0.05) is 13.8 Å². The quantitative estimate of drug-likeness (QED) is 0.700. The van der Waals surface area contributed by atoms with Crippen molar-refractivity contribution in [3.8, 4) is 0 Å². The van der Waals surface area contributed by atoms with Crippen LogP contribution in [0.5, 0.6) is 0 Å². The van der Waals surface area contributed by atoms with Gasteiger partial charge in [-0.25, -0.2) is 0 Å². The van der Waals surface area contributed by atoms with Gasteiger partial charge in [0.15, 0.2) is 0 Å². The zero-order valence-corrected chi connectivity index (χ0v) is 10.4. The van der Waals surface area contributed by atoms with Gasteiger partial charge >= 0.3 is 0 Å². The molecule has 4 nitrogen and oxygen atoms in total. The van der Waals surface area contributed by atoms with Gasteiger partial charge in [-0.2, -0.15) is 0 Å². The molecule has 1 unspecified atom stereocenters. The summed E-state index contributed by atoms with van der Waals surface area (Å²) >= 11 is 0. The second-order valence-electron chi connectivity index (χ2n) is 4.91. The zero-order valence-electron chi connectivity index (χ0n) is 10.4. The third-order valence-corrected chi connectivity index (χ3v) is 3.13. The Bertz CT molecular complexity index is 205. The largest absolute Gasteiger partial charge is 0.391 e. The van der Waals surface area contributed by atoms with E-state index in [0.717, 1.165) is 19.6 Å². The number of likely N-dealkylation sites (tertiary alicyclic amines) is 1. The molecular formula is C12H24N2O2. The standard InChI is InChI=1S/C12H24N2O2/c1-10(2)11(15)9-13-12(16)5-8-14-6-3-4-7-14/h10-11,15H,3-9H2,1-2H3,(H,13,16). The van der Waals surface area contributed by atoms with E-state index in [9.17, 15) is 9.90 Å². The van der Waals surface area contributed by atoms with Crippen molar-refractivity contribution in [2.24, 2.45) is 5.92 Å². The van der Waals surface area contributed by atoms with Crippen molar-refractivity contribution in [1.29, 1.82) is 0 Å². The molecule has 0 aromatic heterocycles. The molecular weight excluding hydrogens is 204 g/mol. The van der Waals surface area contributed by atoms with Crippen LogP contribution in [0.15, 0.2) is 0 Å². The monoisotopic (exact) mass is 228 g/mol. The number of hydrogen-bond acceptors (Lipinski definition) is 3. The molecule has 94 valence electrons. The molecule has 2 N–H and O–H groups in total. The number of nitrogens with one attached hydrogen (secondary N) is 1. The number of aliphatic hydroxyl groups excluding tert-OH is 1. The minimum atomic E-state index is -0.435. The van der Waals surface area contributed by atoms with Gasteiger partial charge in [0.1, 0.15) is 0 Å². The number of nitrogens with zero attached hydrogens (tertiary/aromatic N) is 1. The summed E-state index contributed by atoms with van der Waals surface area (Å²) in [4.78, 5) is 13.8. The molecule has 16 heavy (non-hydrogen) atoms. The van der Waals surface area contributed by atoms with Crippen molar-refractivity contribution in [2.45, 2.75) is 39.2 Å². The van der Waals surface area contributed by atoms with Gasteiger partial charge in [0.25, 0.3) is 0 Å². The maximum atomic E-state index is 11.5. The van der Waals surface area contributed by atoms with Crippen LogP contribution in [-0.2, 0) is 4.79 Å². The van der Waals surface area contributed by atoms with Crippen molar-refractivity contribution < 1.29 is 9.90 Å². The lowest BCUT2D eigenvalue weighted by molar-refractivity contribution is -0.122. The van der Waals surface area contributed by atoms with Gasteiger partial charge in [-0.05, 0) is 31.8 Å². The topological polar surface area (TPSA) is 52.6 Å². The highest BCUT2D eigenvalue weighted by Gasteiger charge is 2.14. The number of hydrogen-bond donors (Lipinski definition) is 2. The molecule has 1 aliphatic heterocycles. The van der Waals surface area contributed by atoms with Crippen molar-refractivity contribution in [2.75, 3.05) is 26.2 Å². The molecule has 1 amide bonds. The minimum absolute atomic E-state index is 0.0478. The molecule has 0 saturated carbocycles. The third-order valence-electron chi connectivity index (χ3n) is 3.13. The van der Waals surface area contributed by atoms with E-state index in [-0.39, 0.29) is 11.8 Å². The van der Waals surface area contributed by atoms with Gasteiger partial charge < -0.3 is 15.3 Å². The van der Waals surface area contributed by atoms with E-state index in [1.54, 1.807) is 0 Å².